The number of halogens is 7. The van der Waals surface area contributed by atoms with Crippen LogP contribution in [0.25, 0.3) is 10.8 Å². The first-order valence-corrected chi connectivity index (χ1v) is 6.95. The lowest BCUT2D eigenvalue weighted by atomic mass is 10.0. The van der Waals surface area contributed by atoms with Crippen molar-refractivity contribution in [1.29, 1.82) is 0 Å². The number of methoxy groups -OCH3 is 2. The molecule has 0 fully saturated rings. The minimum atomic E-state index is -6.44. The lowest BCUT2D eigenvalue weighted by Gasteiger charge is -2.24. The standard InChI is InChI=1S/C17H11F7O2/c1-25-11-4-5-12-10(9-11)3-6-14(26-2)13(12)7-8-15(18,19)16(20,21)17(22,23)24/h3-6,9H,1-2H3. The molecule has 0 aromatic heterocycles. The highest BCUT2D eigenvalue weighted by Gasteiger charge is 2.72. The summed E-state index contributed by atoms with van der Waals surface area (Å²) in [5.74, 6) is -9.08. The van der Waals surface area contributed by atoms with Crippen LogP contribution >= 0.6 is 0 Å². The molecule has 0 heterocycles. The maximum atomic E-state index is 13.4. The van der Waals surface area contributed by atoms with E-state index in [1.807, 2.05) is 0 Å². The van der Waals surface area contributed by atoms with Crippen molar-refractivity contribution in [2.45, 2.75) is 18.0 Å². The molecule has 26 heavy (non-hydrogen) atoms. The summed E-state index contributed by atoms with van der Waals surface area (Å²) in [6.07, 6.45) is -6.44. The van der Waals surface area contributed by atoms with Gasteiger partial charge in [-0.2, -0.15) is 30.7 Å². The van der Waals surface area contributed by atoms with Gasteiger partial charge in [0, 0.05) is 5.39 Å². The number of alkyl halides is 7. The Morgan fingerprint density at radius 1 is 0.846 bits per heavy atom. The zero-order chi connectivity index (χ0) is 19.8. The summed E-state index contributed by atoms with van der Waals surface area (Å²) in [6.45, 7) is 0. The van der Waals surface area contributed by atoms with Crippen LogP contribution in [0.3, 0.4) is 0 Å². The van der Waals surface area contributed by atoms with Crippen LogP contribution in [-0.4, -0.2) is 32.2 Å². The summed E-state index contributed by atoms with van der Waals surface area (Å²) in [5, 5.41) is 0.670. The average molecular weight is 380 g/mol. The first-order chi connectivity index (χ1) is 11.9. The molecular weight excluding hydrogens is 369 g/mol. The van der Waals surface area contributed by atoms with E-state index >= 15 is 0 Å². The van der Waals surface area contributed by atoms with Crippen molar-refractivity contribution in [3.63, 3.8) is 0 Å². The molecule has 2 rings (SSSR count). The Labute approximate surface area is 143 Å². The summed E-state index contributed by atoms with van der Waals surface area (Å²) in [6, 6.07) is 7.23. The third-order valence-electron chi connectivity index (χ3n) is 3.50. The second-order valence-electron chi connectivity index (χ2n) is 5.13. The van der Waals surface area contributed by atoms with E-state index in [1.165, 1.54) is 44.6 Å². The van der Waals surface area contributed by atoms with Crippen LogP contribution < -0.4 is 9.47 Å². The maximum Gasteiger partial charge on any atom is 0.461 e. The van der Waals surface area contributed by atoms with E-state index in [4.69, 9.17) is 9.47 Å². The molecule has 2 aromatic carbocycles. The third kappa shape index (κ3) is 3.36. The van der Waals surface area contributed by atoms with E-state index in [-0.39, 0.29) is 16.7 Å². The molecule has 0 N–H and O–H groups in total. The normalized spacial score (nSPS) is 12.5. The molecule has 2 nitrogen and oxygen atoms in total. The van der Waals surface area contributed by atoms with Crippen molar-refractivity contribution in [2.75, 3.05) is 14.2 Å². The fourth-order valence-corrected chi connectivity index (χ4v) is 2.11. The number of benzene rings is 2. The number of hydrogen-bond donors (Lipinski definition) is 0. The van der Waals surface area contributed by atoms with Crippen molar-refractivity contribution in [2.24, 2.45) is 0 Å². The number of rotatable bonds is 3. The Morgan fingerprint density at radius 3 is 2.04 bits per heavy atom. The van der Waals surface area contributed by atoms with Gasteiger partial charge in [-0.1, -0.05) is 12.0 Å². The molecule has 0 amide bonds. The van der Waals surface area contributed by atoms with E-state index in [2.05, 4.69) is 0 Å². The van der Waals surface area contributed by atoms with Crippen LogP contribution in [-0.2, 0) is 0 Å². The molecule has 0 saturated carbocycles. The summed E-state index contributed by atoms with van der Waals surface area (Å²) in [4.78, 5) is 0. The molecule has 0 spiro atoms. The van der Waals surface area contributed by atoms with Gasteiger partial charge in [0.15, 0.2) is 0 Å². The quantitative estimate of drug-likeness (QED) is 0.549. The Hall–Kier alpha value is -2.63. The van der Waals surface area contributed by atoms with Gasteiger partial charge in [0.25, 0.3) is 0 Å². The Morgan fingerprint density at radius 2 is 1.50 bits per heavy atom. The van der Waals surface area contributed by atoms with E-state index in [0.29, 0.717) is 11.1 Å². The highest BCUT2D eigenvalue weighted by atomic mass is 19.4. The highest BCUT2D eigenvalue weighted by Crippen LogP contribution is 2.46. The van der Waals surface area contributed by atoms with Gasteiger partial charge in [0.05, 0.1) is 19.8 Å². The largest absolute Gasteiger partial charge is 0.497 e. The van der Waals surface area contributed by atoms with Crippen molar-refractivity contribution < 1.29 is 40.2 Å². The summed E-state index contributed by atoms with van der Waals surface area (Å²) >= 11 is 0. The lowest BCUT2D eigenvalue weighted by molar-refractivity contribution is -0.339. The molecule has 140 valence electrons. The molecule has 0 bridgehead atoms. The fourth-order valence-electron chi connectivity index (χ4n) is 2.11. The van der Waals surface area contributed by atoms with Gasteiger partial charge in [-0.3, -0.25) is 0 Å². The summed E-state index contributed by atoms with van der Waals surface area (Å²) in [7, 11) is 2.57. The minimum Gasteiger partial charge on any atom is -0.497 e. The van der Waals surface area contributed by atoms with E-state index in [0.717, 1.165) is 5.92 Å². The van der Waals surface area contributed by atoms with Crippen LogP contribution in [0.4, 0.5) is 30.7 Å². The highest BCUT2D eigenvalue weighted by molar-refractivity contribution is 5.91. The second-order valence-corrected chi connectivity index (χ2v) is 5.13. The van der Waals surface area contributed by atoms with Gasteiger partial charge in [-0.25, -0.2) is 0 Å². The molecule has 0 unspecified atom stereocenters. The SMILES string of the molecule is COc1ccc2c(C#CC(F)(F)C(F)(F)C(F)(F)F)c(OC)ccc2c1. The van der Waals surface area contributed by atoms with Crippen LogP contribution in [0.5, 0.6) is 11.5 Å². The van der Waals surface area contributed by atoms with Crippen molar-refractivity contribution >= 4 is 10.8 Å². The van der Waals surface area contributed by atoms with Crippen molar-refractivity contribution in [1.82, 2.24) is 0 Å². The summed E-state index contributed by atoms with van der Waals surface area (Å²) < 4.78 is 99.4. The molecular formula is C17H11F7O2. The van der Waals surface area contributed by atoms with E-state index < -0.39 is 18.0 Å². The number of ether oxygens (including phenoxy) is 2. The first-order valence-electron chi connectivity index (χ1n) is 6.95. The molecule has 0 saturated heterocycles. The molecule has 9 heteroatoms. The van der Waals surface area contributed by atoms with Gasteiger partial charge in [-0.05, 0) is 35.6 Å². The van der Waals surface area contributed by atoms with Gasteiger partial charge >= 0.3 is 18.0 Å². The van der Waals surface area contributed by atoms with Crippen LogP contribution in [0, 0.1) is 11.8 Å². The van der Waals surface area contributed by atoms with Gasteiger partial charge in [0.1, 0.15) is 11.5 Å². The predicted molar refractivity (Wildman–Crippen MR) is 79.9 cm³/mol. The molecule has 0 radical (unpaired) electrons. The number of hydrogen-bond acceptors (Lipinski definition) is 2. The lowest BCUT2D eigenvalue weighted by Crippen LogP contribution is -2.51. The molecule has 2 aromatic rings. The van der Waals surface area contributed by atoms with Gasteiger partial charge in [0.2, 0.25) is 0 Å². The molecule has 0 atom stereocenters. The second kappa shape index (κ2) is 6.59. The zero-order valence-electron chi connectivity index (χ0n) is 13.3. The fraction of sp³-hybridized carbons (Fsp3) is 0.294. The Bertz CT molecular complexity index is 876. The van der Waals surface area contributed by atoms with E-state index in [9.17, 15) is 30.7 Å². The monoisotopic (exact) mass is 380 g/mol. The minimum absolute atomic E-state index is 0.0544. The summed E-state index contributed by atoms with van der Waals surface area (Å²) in [5.41, 5.74) is -0.245. The van der Waals surface area contributed by atoms with Gasteiger partial charge in [-0.15, -0.1) is 0 Å². The van der Waals surface area contributed by atoms with Crippen LogP contribution in [0.2, 0.25) is 0 Å². The Kier molecular flexibility index (Phi) is 4.99. The van der Waals surface area contributed by atoms with E-state index in [1.54, 1.807) is 5.92 Å². The van der Waals surface area contributed by atoms with Crippen molar-refractivity contribution in [3.8, 4) is 23.3 Å². The van der Waals surface area contributed by atoms with Crippen molar-refractivity contribution in [3.05, 3.63) is 35.9 Å². The average Bonchev–Trinajstić information content (AvgIpc) is 2.57. The Balaban J connectivity index is 2.63. The molecule has 0 aliphatic carbocycles. The smallest absolute Gasteiger partial charge is 0.461 e. The van der Waals surface area contributed by atoms with Crippen LogP contribution in [0.1, 0.15) is 5.56 Å². The maximum absolute atomic E-state index is 13.4. The third-order valence-corrected chi connectivity index (χ3v) is 3.50. The van der Waals surface area contributed by atoms with Crippen LogP contribution in [0.15, 0.2) is 30.3 Å². The molecule has 0 aliphatic heterocycles. The molecule has 0 aliphatic rings. The zero-order valence-corrected chi connectivity index (χ0v) is 13.3. The predicted octanol–water partition coefficient (Wildman–Crippen LogP) is 5.04. The van der Waals surface area contributed by atoms with Gasteiger partial charge < -0.3 is 9.47 Å². The first kappa shape index (κ1) is 19.7. The topological polar surface area (TPSA) is 18.5 Å². The number of fused-ring (bicyclic) bond motifs is 1.